The molecule has 1 N–H and O–H groups in total. The van der Waals surface area contributed by atoms with Gasteiger partial charge in [0, 0.05) is 5.56 Å². The van der Waals surface area contributed by atoms with Crippen molar-refractivity contribution >= 4 is 33.3 Å². The van der Waals surface area contributed by atoms with Crippen LogP contribution in [0.15, 0.2) is 41.8 Å². The van der Waals surface area contributed by atoms with Gasteiger partial charge in [0.15, 0.2) is 6.29 Å². The van der Waals surface area contributed by atoms with Crippen molar-refractivity contribution in [1.29, 1.82) is 0 Å². The Kier molecular flexibility index (Phi) is 3.27. The summed E-state index contributed by atoms with van der Waals surface area (Å²) in [6.45, 7) is 0. The lowest BCUT2D eigenvalue weighted by Gasteiger charge is -2.04. The third kappa shape index (κ3) is 2.64. The number of hydrogen-bond acceptors (Lipinski definition) is 3. The third-order valence-corrected chi connectivity index (χ3v) is 3.02. The van der Waals surface area contributed by atoms with Crippen molar-refractivity contribution in [3.63, 3.8) is 0 Å². The molecule has 0 spiro atoms. The SMILES string of the molecule is O=Cc1c(/C=C/S(=O)(=O)O)ccc2ccccc12. The maximum absolute atomic E-state index is 11.1. The van der Waals surface area contributed by atoms with Crippen LogP contribution in [0.1, 0.15) is 15.9 Å². The molecule has 2 rings (SSSR count). The first-order valence-corrected chi connectivity index (χ1v) is 6.64. The van der Waals surface area contributed by atoms with Crippen molar-refractivity contribution in [2.75, 3.05) is 0 Å². The summed E-state index contributed by atoms with van der Waals surface area (Å²) in [5, 5.41) is 2.29. The molecule has 0 aliphatic carbocycles. The van der Waals surface area contributed by atoms with E-state index in [2.05, 4.69) is 0 Å². The summed E-state index contributed by atoms with van der Waals surface area (Å²) in [6, 6.07) is 10.7. The van der Waals surface area contributed by atoms with E-state index < -0.39 is 10.1 Å². The van der Waals surface area contributed by atoms with Gasteiger partial charge in [-0.25, -0.2) is 0 Å². The Morgan fingerprint density at radius 1 is 1.06 bits per heavy atom. The average molecular weight is 262 g/mol. The van der Waals surface area contributed by atoms with Crippen LogP contribution >= 0.6 is 0 Å². The van der Waals surface area contributed by atoms with E-state index >= 15 is 0 Å². The number of benzene rings is 2. The molecule has 0 aliphatic heterocycles. The van der Waals surface area contributed by atoms with Gasteiger partial charge in [-0.1, -0.05) is 36.4 Å². The van der Waals surface area contributed by atoms with Gasteiger partial charge in [0.05, 0.1) is 5.41 Å². The van der Waals surface area contributed by atoms with Gasteiger partial charge < -0.3 is 0 Å². The second-order valence-corrected chi connectivity index (χ2v) is 5.03. The maximum Gasteiger partial charge on any atom is 0.287 e. The quantitative estimate of drug-likeness (QED) is 0.681. The molecule has 0 heterocycles. The van der Waals surface area contributed by atoms with Crippen LogP contribution in [0.25, 0.3) is 16.8 Å². The lowest BCUT2D eigenvalue weighted by Crippen LogP contribution is -1.92. The Labute approximate surface area is 104 Å². The Bertz CT molecular complexity index is 730. The summed E-state index contributed by atoms with van der Waals surface area (Å²) < 4.78 is 29.9. The Morgan fingerprint density at radius 3 is 2.44 bits per heavy atom. The normalized spacial score (nSPS) is 12.1. The summed E-state index contributed by atoms with van der Waals surface area (Å²) in [5.74, 6) is 0. The highest BCUT2D eigenvalue weighted by molar-refractivity contribution is 7.88. The van der Waals surface area contributed by atoms with E-state index in [0.29, 0.717) is 22.8 Å². The molecule has 0 aromatic heterocycles. The molecular formula is C13H10O4S. The van der Waals surface area contributed by atoms with Crippen LogP contribution in [0.3, 0.4) is 0 Å². The van der Waals surface area contributed by atoms with Crippen molar-refractivity contribution in [1.82, 2.24) is 0 Å². The van der Waals surface area contributed by atoms with Crippen molar-refractivity contribution in [2.24, 2.45) is 0 Å². The van der Waals surface area contributed by atoms with Crippen LogP contribution in [-0.2, 0) is 10.1 Å². The highest BCUT2D eigenvalue weighted by Crippen LogP contribution is 2.22. The minimum atomic E-state index is -4.20. The summed E-state index contributed by atoms with van der Waals surface area (Å²) in [7, 11) is -4.20. The summed E-state index contributed by atoms with van der Waals surface area (Å²) in [4.78, 5) is 11.1. The predicted octanol–water partition coefficient (Wildman–Crippen LogP) is 2.51. The molecule has 2 aromatic rings. The molecule has 2 aromatic carbocycles. The van der Waals surface area contributed by atoms with Gasteiger partial charge in [-0.2, -0.15) is 8.42 Å². The lowest BCUT2D eigenvalue weighted by molar-refractivity contribution is 0.112. The van der Waals surface area contributed by atoms with Gasteiger partial charge in [-0.3, -0.25) is 9.35 Å². The van der Waals surface area contributed by atoms with E-state index in [1.807, 2.05) is 12.1 Å². The van der Waals surface area contributed by atoms with E-state index in [0.717, 1.165) is 10.8 Å². The fraction of sp³-hybridized carbons (Fsp3) is 0. The Morgan fingerprint density at radius 2 is 1.78 bits per heavy atom. The van der Waals surface area contributed by atoms with Gasteiger partial charge in [-0.15, -0.1) is 0 Å². The molecule has 0 saturated heterocycles. The van der Waals surface area contributed by atoms with E-state index in [1.165, 1.54) is 6.08 Å². The van der Waals surface area contributed by atoms with E-state index in [4.69, 9.17) is 4.55 Å². The van der Waals surface area contributed by atoms with Crippen molar-refractivity contribution < 1.29 is 17.8 Å². The van der Waals surface area contributed by atoms with Gasteiger partial charge in [0.1, 0.15) is 0 Å². The molecule has 0 atom stereocenters. The topological polar surface area (TPSA) is 71.4 Å². The standard InChI is InChI=1S/C13H10O4S/c14-9-13-11(7-8-18(15,16)17)6-5-10-3-1-2-4-12(10)13/h1-9H,(H,15,16,17)/b8-7+. The van der Waals surface area contributed by atoms with Crippen molar-refractivity contribution in [2.45, 2.75) is 0 Å². The fourth-order valence-electron chi connectivity index (χ4n) is 1.75. The molecule has 5 heteroatoms. The van der Waals surface area contributed by atoms with Crippen LogP contribution in [0.4, 0.5) is 0 Å². The highest BCUT2D eigenvalue weighted by Gasteiger charge is 2.05. The summed E-state index contributed by atoms with van der Waals surface area (Å²) in [6.07, 6.45) is 1.87. The van der Waals surface area contributed by atoms with Gasteiger partial charge >= 0.3 is 0 Å². The number of fused-ring (bicyclic) bond motifs is 1. The molecule has 18 heavy (non-hydrogen) atoms. The highest BCUT2D eigenvalue weighted by atomic mass is 32.2. The zero-order chi connectivity index (χ0) is 13.2. The van der Waals surface area contributed by atoms with Crippen LogP contribution < -0.4 is 0 Å². The molecule has 0 aliphatic rings. The van der Waals surface area contributed by atoms with Gasteiger partial charge in [0.25, 0.3) is 10.1 Å². The van der Waals surface area contributed by atoms with E-state index in [-0.39, 0.29) is 0 Å². The van der Waals surface area contributed by atoms with Crippen LogP contribution in [0.2, 0.25) is 0 Å². The number of carbonyl (C=O) groups excluding carboxylic acids is 1. The molecule has 4 nitrogen and oxygen atoms in total. The van der Waals surface area contributed by atoms with Crippen LogP contribution in [0, 0.1) is 0 Å². The molecule has 92 valence electrons. The number of carbonyl (C=O) groups is 1. The lowest BCUT2D eigenvalue weighted by atomic mass is 10.00. The second kappa shape index (κ2) is 4.72. The van der Waals surface area contributed by atoms with Crippen LogP contribution in [0.5, 0.6) is 0 Å². The molecule has 0 fully saturated rings. The smallest absolute Gasteiger partial charge is 0.287 e. The third-order valence-electron chi connectivity index (χ3n) is 2.54. The second-order valence-electron chi connectivity index (χ2n) is 3.73. The molecule has 0 unspecified atom stereocenters. The minimum Gasteiger partial charge on any atom is -0.298 e. The monoisotopic (exact) mass is 262 g/mol. The number of hydrogen-bond donors (Lipinski definition) is 1. The maximum atomic E-state index is 11.1. The first-order chi connectivity index (χ1) is 8.51. The molecular weight excluding hydrogens is 252 g/mol. The molecule has 0 saturated carbocycles. The zero-order valence-corrected chi connectivity index (χ0v) is 10.1. The van der Waals surface area contributed by atoms with Gasteiger partial charge in [0.2, 0.25) is 0 Å². The van der Waals surface area contributed by atoms with Crippen LogP contribution in [-0.4, -0.2) is 19.3 Å². The Hall–Kier alpha value is -1.98. The zero-order valence-electron chi connectivity index (χ0n) is 9.28. The first-order valence-electron chi connectivity index (χ1n) is 5.14. The number of rotatable bonds is 3. The van der Waals surface area contributed by atoms with E-state index in [1.54, 1.807) is 24.3 Å². The Balaban J connectivity index is 2.66. The largest absolute Gasteiger partial charge is 0.298 e. The molecule has 0 amide bonds. The average Bonchev–Trinajstić information content (AvgIpc) is 2.34. The molecule has 0 bridgehead atoms. The summed E-state index contributed by atoms with van der Waals surface area (Å²) >= 11 is 0. The summed E-state index contributed by atoms with van der Waals surface area (Å²) in [5.41, 5.74) is 0.842. The number of aldehydes is 1. The minimum absolute atomic E-state index is 0.396. The van der Waals surface area contributed by atoms with E-state index in [9.17, 15) is 13.2 Å². The fourth-order valence-corrected chi connectivity index (χ4v) is 2.07. The first kappa shape index (κ1) is 12.5. The van der Waals surface area contributed by atoms with Crippen molar-refractivity contribution in [3.8, 4) is 0 Å². The predicted molar refractivity (Wildman–Crippen MR) is 69.9 cm³/mol. The van der Waals surface area contributed by atoms with Gasteiger partial charge in [-0.05, 0) is 22.4 Å². The van der Waals surface area contributed by atoms with Crippen molar-refractivity contribution in [3.05, 3.63) is 52.9 Å². The molecule has 0 radical (unpaired) electrons.